The van der Waals surface area contributed by atoms with E-state index in [4.69, 9.17) is 0 Å². The number of hydrogen-bond donors (Lipinski definition) is 1. The molecule has 0 heterocycles. The van der Waals surface area contributed by atoms with Gasteiger partial charge >= 0.3 is 0 Å². The van der Waals surface area contributed by atoms with Crippen molar-refractivity contribution >= 4 is 5.91 Å². The van der Waals surface area contributed by atoms with E-state index < -0.39 is 0 Å². The Bertz CT molecular complexity index is 480. The lowest BCUT2D eigenvalue weighted by molar-refractivity contribution is -0.125. The minimum Gasteiger partial charge on any atom is -0.355 e. The fourth-order valence-electron chi connectivity index (χ4n) is 4.06. The maximum atomic E-state index is 12.4. The third-order valence-corrected chi connectivity index (χ3v) is 5.98. The lowest BCUT2D eigenvalue weighted by Crippen LogP contribution is -2.44. The van der Waals surface area contributed by atoms with Crippen LogP contribution >= 0.6 is 0 Å². The molecular formula is C21H37NO. The van der Waals surface area contributed by atoms with E-state index in [0.717, 1.165) is 25.3 Å². The quantitative estimate of drug-likeness (QED) is 0.699. The smallest absolute Gasteiger partial charge is 0.223 e. The van der Waals surface area contributed by atoms with Crippen LogP contribution in [-0.4, -0.2) is 12.5 Å². The van der Waals surface area contributed by atoms with Crippen LogP contribution in [0.3, 0.4) is 0 Å². The van der Waals surface area contributed by atoms with Gasteiger partial charge in [0.2, 0.25) is 5.91 Å². The van der Waals surface area contributed by atoms with Gasteiger partial charge in [-0.2, -0.15) is 0 Å². The highest BCUT2D eigenvalue weighted by Gasteiger charge is 2.36. The molecule has 0 aromatic heterocycles. The van der Waals surface area contributed by atoms with E-state index in [9.17, 15) is 4.79 Å². The summed E-state index contributed by atoms with van der Waals surface area (Å²) in [6.45, 7) is 7.30. The summed E-state index contributed by atoms with van der Waals surface area (Å²) >= 11 is 0. The number of rotatable bonds is 7. The van der Waals surface area contributed by atoms with E-state index in [0.29, 0.717) is 0 Å². The first-order valence-corrected chi connectivity index (χ1v) is 9.48. The van der Waals surface area contributed by atoms with E-state index >= 15 is 0 Å². The third kappa shape index (κ3) is 4.37. The minimum atomic E-state index is 0. The summed E-state index contributed by atoms with van der Waals surface area (Å²) in [6.07, 6.45) is 8.10. The van der Waals surface area contributed by atoms with Gasteiger partial charge in [-0.15, -0.1) is 0 Å². The largest absolute Gasteiger partial charge is 0.355 e. The SMILES string of the molecule is CCC1CCC(CNC(=O)C(CC)CC)(c2ccccc2)CC1.[HH].[HH]. The van der Waals surface area contributed by atoms with Crippen LogP contribution in [0.15, 0.2) is 30.3 Å². The van der Waals surface area contributed by atoms with Crippen LogP contribution in [0.4, 0.5) is 0 Å². The molecule has 1 aliphatic rings. The molecule has 0 aliphatic heterocycles. The second-order valence-corrected chi connectivity index (χ2v) is 7.23. The van der Waals surface area contributed by atoms with Crippen LogP contribution < -0.4 is 5.32 Å². The Hall–Kier alpha value is -1.31. The molecule has 1 aliphatic carbocycles. The van der Waals surface area contributed by atoms with Crippen molar-refractivity contribution in [3.05, 3.63) is 35.9 Å². The number of carbonyl (C=O) groups is 1. The van der Waals surface area contributed by atoms with E-state index in [1.807, 2.05) is 0 Å². The van der Waals surface area contributed by atoms with Gasteiger partial charge < -0.3 is 5.32 Å². The predicted octanol–water partition coefficient (Wildman–Crippen LogP) is 5.57. The van der Waals surface area contributed by atoms with E-state index in [1.165, 1.54) is 37.7 Å². The van der Waals surface area contributed by atoms with Crippen molar-refractivity contribution in [3.8, 4) is 0 Å². The van der Waals surface area contributed by atoms with Crippen molar-refractivity contribution in [2.45, 2.75) is 71.1 Å². The molecule has 0 spiro atoms. The van der Waals surface area contributed by atoms with Crippen LogP contribution in [0.2, 0.25) is 0 Å². The summed E-state index contributed by atoms with van der Waals surface area (Å²) < 4.78 is 0. The Morgan fingerprint density at radius 2 is 1.78 bits per heavy atom. The van der Waals surface area contributed by atoms with E-state index in [2.05, 4.69) is 56.4 Å². The monoisotopic (exact) mass is 319 g/mol. The second kappa shape index (κ2) is 8.52. The zero-order valence-corrected chi connectivity index (χ0v) is 15.1. The maximum Gasteiger partial charge on any atom is 0.223 e. The fourth-order valence-corrected chi connectivity index (χ4v) is 4.06. The highest BCUT2D eigenvalue weighted by atomic mass is 16.1. The number of amides is 1. The predicted molar refractivity (Wildman–Crippen MR) is 102 cm³/mol. The van der Waals surface area contributed by atoms with Gasteiger partial charge in [0.25, 0.3) is 0 Å². The molecule has 2 heteroatoms. The van der Waals surface area contributed by atoms with Crippen molar-refractivity contribution in [1.29, 1.82) is 0 Å². The normalized spacial score (nSPS) is 24.6. The zero-order chi connectivity index (χ0) is 16.7. The molecule has 2 nitrogen and oxygen atoms in total. The lowest BCUT2D eigenvalue weighted by Gasteiger charge is -2.41. The Morgan fingerprint density at radius 1 is 1.17 bits per heavy atom. The average molecular weight is 320 g/mol. The summed E-state index contributed by atoms with van der Waals surface area (Å²) in [7, 11) is 0. The molecule has 1 saturated carbocycles. The molecular weight excluding hydrogens is 282 g/mol. The molecule has 0 saturated heterocycles. The van der Waals surface area contributed by atoms with Gasteiger partial charge in [0, 0.05) is 20.7 Å². The molecule has 0 radical (unpaired) electrons. The van der Waals surface area contributed by atoms with Crippen molar-refractivity contribution in [2.75, 3.05) is 6.54 Å². The van der Waals surface area contributed by atoms with Crippen LogP contribution in [0.1, 0.15) is 74.1 Å². The molecule has 23 heavy (non-hydrogen) atoms. The van der Waals surface area contributed by atoms with Gasteiger partial charge in [0.15, 0.2) is 0 Å². The maximum absolute atomic E-state index is 12.4. The van der Waals surface area contributed by atoms with Crippen LogP contribution in [-0.2, 0) is 10.2 Å². The Balaban J connectivity index is 0.00000288. The molecule has 0 atom stereocenters. The molecule has 1 N–H and O–H groups in total. The first kappa shape index (κ1) is 18.0. The Labute approximate surface area is 145 Å². The molecule has 132 valence electrons. The van der Waals surface area contributed by atoms with Gasteiger partial charge in [-0.25, -0.2) is 0 Å². The highest BCUT2D eigenvalue weighted by Crippen LogP contribution is 2.42. The zero-order valence-electron chi connectivity index (χ0n) is 15.1. The van der Waals surface area contributed by atoms with Crippen LogP contribution in [0, 0.1) is 11.8 Å². The number of benzene rings is 1. The third-order valence-electron chi connectivity index (χ3n) is 5.98. The van der Waals surface area contributed by atoms with Gasteiger partial charge in [0.05, 0.1) is 0 Å². The van der Waals surface area contributed by atoms with Crippen molar-refractivity contribution in [2.24, 2.45) is 11.8 Å². The number of hydrogen-bond acceptors (Lipinski definition) is 1. The number of carbonyl (C=O) groups excluding carboxylic acids is 1. The molecule has 1 fully saturated rings. The fraction of sp³-hybridized carbons (Fsp3) is 0.667. The number of nitrogens with one attached hydrogen (secondary N) is 1. The molecule has 1 aromatic rings. The van der Waals surface area contributed by atoms with Crippen LogP contribution in [0.5, 0.6) is 0 Å². The summed E-state index contributed by atoms with van der Waals surface area (Å²) in [5, 5.41) is 3.29. The van der Waals surface area contributed by atoms with E-state index in [1.54, 1.807) is 0 Å². The molecule has 2 rings (SSSR count). The minimum absolute atomic E-state index is 0. The standard InChI is InChI=1S/C21H33NO.2H2/c1-4-17-12-14-21(15-13-17,19-10-8-7-9-11-19)16-22-20(23)18(5-2)6-3;;/h7-11,17-18H,4-6,12-16H2,1-3H3,(H,22,23);2*1H. The summed E-state index contributed by atoms with van der Waals surface area (Å²) in [6, 6.07) is 10.8. The lowest BCUT2D eigenvalue weighted by atomic mass is 9.66. The second-order valence-electron chi connectivity index (χ2n) is 7.23. The van der Waals surface area contributed by atoms with Crippen LogP contribution in [0.25, 0.3) is 0 Å². The molecule has 0 unspecified atom stereocenters. The summed E-state index contributed by atoms with van der Waals surface area (Å²) in [5.74, 6) is 1.26. The first-order chi connectivity index (χ1) is 11.1. The average Bonchev–Trinajstić information content (AvgIpc) is 2.62. The van der Waals surface area contributed by atoms with Gasteiger partial charge in [-0.05, 0) is 50.0 Å². The van der Waals surface area contributed by atoms with Crippen molar-refractivity contribution in [3.63, 3.8) is 0 Å². The van der Waals surface area contributed by atoms with Gasteiger partial charge in [-0.1, -0.05) is 57.5 Å². The molecule has 1 aromatic carbocycles. The Kier molecular flexibility index (Phi) is 6.68. The van der Waals surface area contributed by atoms with Gasteiger partial charge in [-0.3, -0.25) is 4.79 Å². The highest BCUT2D eigenvalue weighted by molar-refractivity contribution is 5.78. The Morgan fingerprint density at radius 3 is 2.30 bits per heavy atom. The van der Waals surface area contributed by atoms with Crippen molar-refractivity contribution in [1.82, 2.24) is 5.32 Å². The summed E-state index contributed by atoms with van der Waals surface area (Å²) in [4.78, 5) is 12.4. The first-order valence-electron chi connectivity index (χ1n) is 9.48. The van der Waals surface area contributed by atoms with Gasteiger partial charge in [0.1, 0.15) is 0 Å². The van der Waals surface area contributed by atoms with Crippen molar-refractivity contribution < 1.29 is 7.65 Å². The topological polar surface area (TPSA) is 29.1 Å². The molecule has 1 amide bonds. The molecule has 0 bridgehead atoms. The van der Waals surface area contributed by atoms with E-state index in [-0.39, 0.29) is 20.1 Å². The summed E-state index contributed by atoms with van der Waals surface area (Å²) in [5.41, 5.74) is 1.54.